The number of halogens is 3. The summed E-state index contributed by atoms with van der Waals surface area (Å²) in [6.07, 6.45) is 3.77. The number of benzene rings is 2. The number of hydrogen-bond donors (Lipinski definition) is 3. The predicted molar refractivity (Wildman–Crippen MR) is 149 cm³/mol. The van der Waals surface area contributed by atoms with Gasteiger partial charge in [-0.25, -0.2) is 18.7 Å². The molecule has 0 saturated carbocycles. The molecular formula is C28H30ClF2N7O2. The summed E-state index contributed by atoms with van der Waals surface area (Å²) in [5.74, 6) is -0.717. The third-order valence-electron chi connectivity index (χ3n) is 6.83. The molecule has 1 fully saturated rings. The third kappa shape index (κ3) is 6.38. The van der Waals surface area contributed by atoms with Crippen LogP contribution in [-0.2, 0) is 17.8 Å². The molecule has 1 amide bonds. The number of methoxy groups -OCH3 is 1. The topological polar surface area (TPSA) is 106 Å². The van der Waals surface area contributed by atoms with Gasteiger partial charge in [0.15, 0.2) is 17.3 Å². The van der Waals surface area contributed by atoms with Gasteiger partial charge in [0.2, 0.25) is 5.95 Å². The largest absolute Gasteiger partial charge is 0.383 e. The Balaban J connectivity index is 1.46. The Labute approximate surface area is 235 Å². The molecule has 12 heteroatoms. The number of nitrogens with one attached hydrogen (secondary N) is 3. The number of piperidine rings is 1. The van der Waals surface area contributed by atoms with Gasteiger partial charge in [-0.15, -0.1) is 0 Å². The van der Waals surface area contributed by atoms with E-state index < -0.39 is 11.6 Å². The number of carbonyl (C=O) groups excluding carboxylic acids is 1. The first-order valence-electron chi connectivity index (χ1n) is 13.1. The minimum Gasteiger partial charge on any atom is -0.383 e. The molecule has 40 heavy (non-hydrogen) atoms. The maximum absolute atomic E-state index is 13.6. The molecular weight excluding hydrogens is 540 g/mol. The van der Waals surface area contributed by atoms with Gasteiger partial charge in [0.05, 0.1) is 17.8 Å². The fraction of sp³-hybridized carbons (Fsp3) is 0.357. The quantitative estimate of drug-likeness (QED) is 0.243. The van der Waals surface area contributed by atoms with Crippen molar-refractivity contribution in [3.63, 3.8) is 0 Å². The Morgan fingerprint density at radius 2 is 2.08 bits per heavy atom. The van der Waals surface area contributed by atoms with Crippen LogP contribution in [0.4, 0.5) is 14.7 Å². The summed E-state index contributed by atoms with van der Waals surface area (Å²) < 4.78 is 34.0. The molecule has 1 aliphatic heterocycles. The van der Waals surface area contributed by atoms with Gasteiger partial charge in [0, 0.05) is 37.9 Å². The van der Waals surface area contributed by atoms with Crippen molar-refractivity contribution >= 4 is 34.6 Å². The summed E-state index contributed by atoms with van der Waals surface area (Å²) in [6.45, 7) is 3.55. The second-order valence-electron chi connectivity index (χ2n) is 9.71. The Kier molecular flexibility index (Phi) is 8.83. The second-order valence-corrected chi connectivity index (χ2v) is 10.1. The smallest absolute Gasteiger partial charge is 0.251 e. The van der Waals surface area contributed by atoms with Gasteiger partial charge in [-0.1, -0.05) is 17.7 Å². The molecule has 0 aliphatic carbocycles. The Morgan fingerprint density at radius 3 is 2.83 bits per heavy atom. The van der Waals surface area contributed by atoms with Crippen LogP contribution in [0.5, 0.6) is 0 Å². The zero-order valence-corrected chi connectivity index (χ0v) is 22.8. The number of ether oxygens (including phenoxy) is 1. The first-order valence-corrected chi connectivity index (χ1v) is 13.5. The molecule has 0 bridgehead atoms. The Morgan fingerprint density at radius 1 is 1.20 bits per heavy atom. The van der Waals surface area contributed by atoms with E-state index in [1.165, 1.54) is 6.07 Å². The van der Waals surface area contributed by atoms with Crippen LogP contribution in [0, 0.1) is 17.6 Å². The van der Waals surface area contributed by atoms with Crippen molar-refractivity contribution in [2.24, 2.45) is 5.92 Å². The average Bonchev–Trinajstić information content (AvgIpc) is 3.31. The summed E-state index contributed by atoms with van der Waals surface area (Å²) in [4.78, 5) is 26.4. The van der Waals surface area contributed by atoms with E-state index in [-0.39, 0.29) is 12.5 Å². The van der Waals surface area contributed by atoms with Crippen LogP contribution in [0.2, 0.25) is 5.02 Å². The van der Waals surface area contributed by atoms with Crippen molar-refractivity contribution in [2.45, 2.75) is 25.9 Å². The highest BCUT2D eigenvalue weighted by atomic mass is 35.5. The standard InChI is InChI=1S/C28H30ClF2N7O2/c1-40-10-9-33-27(39)19-5-6-20(21(29)12-19)25-36-24-15-35-28(34-14-17-4-7-22(30)23(31)11-17)37-26(24)38(25)16-18-3-2-8-32-13-18/h4-7,11-12,15,18,32H,2-3,8-10,13-14,16H2,1H3,(H,33,39)(H,34,35,37)/t18-/m1/s1. The zero-order chi connectivity index (χ0) is 28.1. The first kappa shape index (κ1) is 27.9. The number of carbonyl (C=O) groups is 1. The molecule has 2 aromatic carbocycles. The van der Waals surface area contributed by atoms with Crippen LogP contribution in [-0.4, -0.2) is 58.8 Å². The van der Waals surface area contributed by atoms with Gasteiger partial charge < -0.3 is 25.3 Å². The summed E-state index contributed by atoms with van der Waals surface area (Å²) in [5.41, 5.74) is 2.89. The Hall–Kier alpha value is -3.67. The summed E-state index contributed by atoms with van der Waals surface area (Å²) in [6, 6.07) is 8.88. The van der Waals surface area contributed by atoms with Gasteiger partial charge in [-0.05, 0) is 67.7 Å². The van der Waals surface area contributed by atoms with E-state index in [9.17, 15) is 13.6 Å². The predicted octanol–water partition coefficient (Wildman–Crippen LogP) is 4.41. The second kappa shape index (κ2) is 12.7. The average molecular weight is 570 g/mol. The van der Waals surface area contributed by atoms with Crippen molar-refractivity contribution in [2.75, 3.05) is 38.7 Å². The molecule has 1 saturated heterocycles. The SMILES string of the molecule is COCCNC(=O)c1ccc(-c2nc3cnc(NCc4ccc(F)c(F)c4)nc3n2C[C@@H]2CCCNC2)c(Cl)c1. The van der Waals surface area contributed by atoms with E-state index in [0.29, 0.717) is 70.3 Å². The lowest BCUT2D eigenvalue weighted by Gasteiger charge is -2.24. The van der Waals surface area contributed by atoms with Gasteiger partial charge in [-0.3, -0.25) is 4.79 Å². The molecule has 3 N–H and O–H groups in total. The zero-order valence-electron chi connectivity index (χ0n) is 22.0. The van der Waals surface area contributed by atoms with E-state index in [4.69, 9.17) is 26.3 Å². The molecule has 1 atom stereocenters. The maximum atomic E-state index is 13.6. The van der Waals surface area contributed by atoms with Crippen molar-refractivity contribution in [1.82, 2.24) is 30.2 Å². The molecule has 0 unspecified atom stereocenters. The fourth-order valence-electron chi connectivity index (χ4n) is 4.76. The first-order chi connectivity index (χ1) is 19.4. The van der Waals surface area contributed by atoms with Gasteiger partial charge in [-0.2, -0.15) is 4.98 Å². The number of rotatable bonds is 10. The molecule has 2 aromatic heterocycles. The summed E-state index contributed by atoms with van der Waals surface area (Å²) in [7, 11) is 1.57. The fourth-order valence-corrected chi connectivity index (χ4v) is 5.02. The molecule has 1 aliphatic rings. The van der Waals surface area contributed by atoms with Crippen molar-refractivity contribution in [3.05, 3.63) is 70.4 Å². The molecule has 3 heterocycles. The molecule has 0 radical (unpaired) electrons. The van der Waals surface area contributed by atoms with Gasteiger partial charge >= 0.3 is 0 Å². The van der Waals surface area contributed by atoms with Crippen LogP contribution < -0.4 is 16.0 Å². The van der Waals surface area contributed by atoms with Crippen LogP contribution in [0.15, 0.2) is 42.6 Å². The number of anilines is 1. The molecule has 210 valence electrons. The lowest BCUT2D eigenvalue weighted by atomic mass is 9.99. The highest BCUT2D eigenvalue weighted by Crippen LogP contribution is 2.32. The van der Waals surface area contributed by atoms with E-state index in [0.717, 1.165) is 38.1 Å². The molecule has 5 rings (SSSR count). The molecule has 9 nitrogen and oxygen atoms in total. The maximum Gasteiger partial charge on any atom is 0.251 e. The van der Waals surface area contributed by atoms with Crippen molar-refractivity contribution in [1.29, 1.82) is 0 Å². The van der Waals surface area contributed by atoms with Crippen LogP contribution >= 0.6 is 11.6 Å². The highest BCUT2D eigenvalue weighted by Gasteiger charge is 2.22. The lowest BCUT2D eigenvalue weighted by Crippen LogP contribution is -2.32. The monoisotopic (exact) mass is 569 g/mol. The lowest BCUT2D eigenvalue weighted by molar-refractivity contribution is 0.0937. The van der Waals surface area contributed by atoms with Crippen LogP contribution in [0.1, 0.15) is 28.8 Å². The van der Waals surface area contributed by atoms with Crippen molar-refractivity contribution in [3.8, 4) is 11.4 Å². The van der Waals surface area contributed by atoms with E-state index in [1.807, 2.05) is 4.57 Å². The number of aromatic nitrogens is 4. The third-order valence-corrected chi connectivity index (χ3v) is 7.14. The number of fused-ring (bicyclic) bond motifs is 1. The minimum atomic E-state index is -0.908. The Bertz CT molecular complexity index is 1510. The molecule has 0 spiro atoms. The normalized spacial score (nSPS) is 15.3. The van der Waals surface area contributed by atoms with Gasteiger partial charge in [0.1, 0.15) is 11.3 Å². The number of nitrogens with zero attached hydrogens (tertiary/aromatic N) is 4. The summed E-state index contributed by atoms with van der Waals surface area (Å²) in [5, 5.41) is 9.72. The van der Waals surface area contributed by atoms with Crippen molar-refractivity contribution < 1.29 is 18.3 Å². The molecule has 4 aromatic rings. The van der Waals surface area contributed by atoms with E-state index in [1.54, 1.807) is 31.5 Å². The number of imidazole rings is 1. The van der Waals surface area contributed by atoms with Crippen LogP contribution in [0.3, 0.4) is 0 Å². The van der Waals surface area contributed by atoms with E-state index in [2.05, 4.69) is 20.9 Å². The van der Waals surface area contributed by atoms with Gasteiger partial charge in [0.25, 0.3) is 5.91 Å². The minimum absolute atomic E-state index is 0.218. The van der Waals surface area contributed by atoms with E-state index >= 15 is 0 Å². The highest BCUT2D eigenvalue weighted by molar-refractivity contribution is 6.33. The number of amides is 1. The summed E-state index contributed by atoms with van der Waals surface area (Å²) >= 11 is 6.71. The number of hydrogen-bond acceptors (Lipinski definition) is 7. The van der Waals surface area contributed by atoms with Crippen LogP contribution in [0.25, 0.3) is 22.6 Å².